The summed E-state index contributed by atoms with van der Waals surface area (Å²) < 4.78 is 10.5. The van der Waals surface area contributed by atoms with Crippen molar-refractivity contribution in [3.8, 4) is 0 Å². The minimum Gasteiger partial charge on any atom is -0.468 e. The molecule has 0 saturated carbocycles. The van der Waals surface area contributed by atoms with Crippen LogP contribution in [0.25, 0.3) is 0 Å². The number of carbonyl (C=O) groups excluding carboxylic acids is 2. The van der Waals surface area contributed by atoms with Crippen molar-refractivity contribution in [2.24, 2.45) is 5.92 Å². The van der Waals surface area contributed by atoms with E-state index in [2.05, 4.69) is 5.32 Å². The lowest BCUT2D eigenvalue weighted by Gasteiger charge is -2.31. The maximum absolute atomic E-state index is 12.5. The van der Waals surface area contributed by atoms with Gasteiger partial charge in [0.25, 0.3) is 0 Å². The highest BCUT2D eigenvalue weighted by molar-refractivity contribution is 5.80. The van der Waals surface area contributed by atoms with Gasteiger partial charge in [0, 0.05) is 19.6 Å². The molecule has 0 aliphatic carbocycles. The van der Waals surface area contributed by atoms with Gasteiger partial charge in [-0.15, -0.1) is 0 Å². The number of rotatable bonds is 6. The Morgan fingerprint density at radius 1 is 1.50 bits per heavy atom. The highest BCUT2D eigenvalue weighted by atomic mass is 16.6. The molecule has 7 nitrogen and oxygen atoms in total. The van der Waals surface area contributed by atoms with Crippen molar-refractivity contribution >= 4 is 12.0 Å². The van der Waals surface area contributed by atoms with E-state index < -0.39 is 0 Å². The van der Waals surface area contributed by atoms with Gasteiger partial charge in [0.05, 0.1) is 24.8 Å². The van der Waals surface area contributed by atoms with E-state index in [9.17, 15) is 9.59 Å². The highest BCUT2D eigenvalue weighted by Crippen LogP contribution is 2.20. The molecule has 1 saturated heterocycles. The Balaban J connectivity index is 1.88. The zero-order valence-corrected chi connectivity index (χ0v) is 14.7. The standard InChI is InChI=1S/C17H27N3O4/c1-4-23-17(22)20-9-5-7-13(12-20)16(21)18-11-14(19(2)3)15-8-6-10-24-15/h6,8,10,13-14H,4-5,7,9,11-12H2,1-3H3,(H,18,21). The Morgan fingerprint density at radius 2 is 2.29 bits per heavy atom. The van der Waals surface area contributed by atoms with Crippen LogP contribution in [0.1, 0.15) is 31.6 Å². The van der Waals surface area contributed by atoms with Crippen molar-refractivity contribution in [2.45, 2.75) is 25.8 Å². The smallest absolute Gasteiger partial charge is 0.409 e. The summed E-state index contributed by atoms with van der Waals surface area (Å²) in [6.45, 7) is 3.66. The first-order chi connectivity index (χ1) is 11.5. The number of ether oxygens (including phenoxy) is 1. The third-order valence-electron chi connectivity index (χ3n) is 4.28. The average molecular weight is 337 g/mol. The van der Waals surface area contributed by atoms with Gasteiger partial charge in [-0.3, -0.25) is 9.69 Å². The Labute approximate surface area is 142 Å². The van der Waals surface area contributed by atoms with Crippen molar-refractivity contribution < 1.29 is 18.7 Å². The maximum atomic E-state index is 12.5. The van der Waals surface area contributed by atoms with E-state index in [1.54, 1.807) is 18.1 Å². The molecule has 134 valence electrons. The summed E-state index contributed by atoms with van der Waals surface area (Å²) in [6, 6.07) is 3.72. The molecule has 0 bridgehead atoms. The molecule has 1 aliphatic heterocycles. The molecular formula is C17H27N3O4. The summed E-state index contributed by atoms with van der Waals surface area (Å²) in [5.41, 5.74) is 0. The van der Waals surface area contributed by atoms with Crippen LogP contribution >= 0.6 is 0 Å². The van der Waals surface area contributed by atoms with Crippen LogP contribution in [-0.4, -0.2) is 62.1 Å². The predicted octanol–water partition coefficient (Wildman–Crippen LogP) is 1.87. The van der Waals surface area contributed by atoms with Crippen molar-refractivity contribution in [2.75, 3.05) is 40.3 Å². The molecule has 7 heteroatoms. The first-order valence-corrected chi connectivity index (χ1v) is 8.42. The summed E-state index contributed by atoms with van der Waals surface area (Å²) in [6.07, 6.45) is 2.89. The molecule has 1 aromatic rings. The monoisotopic (exact) mass is 337 g/mol. The van der Waals surface area contributed by atoms with Gasteiger partial charge in [-0.2, -0.15) is 0 Å². The topological polar surface area (TPSA) is 75.0 Å². The van der Waals surface area contributed by atoms with E-state index in [1.807, 2.05) is 31.1 Å². The largest absolute Gasteiger partial charge is 0.468 e. The molecule has 1 aliphatic rings. The number of amides is 2. The lowest BCUT2D eigenvalue weighted by molar-refractivity contribution is -0.126. The molecule has 2 rings (SSSR count). The molecule has 0 aromatic carbocycles. The fourth-order valence-electron chi connectivity index (χ4n) is 2.93. The number of nitrogens with zero attached hydrogens (tertiary/aromatic N) is 2. The molecule has 2 atom stereocenters. The first kappa shape index (κ1) is 18.3. The Hall–Kier alpha value is -2.02. The normalized spacial score (nSPS) is 19.2. The van der Waals surface area contributed by atoms with E-state index in [4.69, 9.17) is 9.15 Å². The summed E-state index contributed by atoms with van der Waals surface area (Å²) in [4.78, 5) is 27.9. The number of piperidine rings is 1. The van der Waals surface area contributed by atoms with E-state index in [0.29, 0.717) is 26.2 Å². The quantitative estimate of drug-likeness (QED) is 0.858. The second-order valence-electron chi connectivity index (χ2n) is 6.22. The summed E-state index contributed by atoms with van der Waals surface area (Å²) in [5, 5.41) is 2.99. The van der Waals surface area contributed by atoms with Crippen LogP contribution in [0.15, 0.2) is 22.8 Å². The predicted molar refractivity (Wildman–Crippen MR) is 89.5 cm³/mol. The van der Waals surface area contributed by atoms with Crippen LogP contribution in [0.3, 0.4) is 0 Å². The first-order valence-electron chi connectivity index (χ1n) is 8.42. The average Bonchev–Trinajstić information content (AvgIpc) is 3.09. The van der Waals surface area contributed by atoms with Gasteiger partial charge in [0.2, 0.25) is 5.91 Å². The fourth-order valence-corrected chi connectivity index (χ4v) is 2.93. The Morgan fingerprint density at radius 3 is 2.92 bits per heavy atom. The van der Waals surface area contributed by atoms with Crippen LogP contribution in [0.4, 0.5) is 4.79 Å². The van der Waals surface area contributed by atoms with Crippen LogP contribution in [0, 0.1) is 5.92 Å². The number of hydrogen-bond donors (Lipinski definition) is 1. The third-order valence-corrected chi connectivity index (χ3v) is 4.28. The Bertz CT molecular complexity index is 530. The van der Waals surface area contributed by atoms with E-state index in [0.717, 1.165) is 18.6 Å². The van der Waals surface area contributed by atoms with Gasteiger partial charge >= 0.3 is 6.09 Å². The second kappa shape index (κ2) is 8.73. The number of hydrogen-bond acceptors (Lipinski definition) is 5. The summed E-state index contributed by atoms with van der Waals surface area (Å²) >= 11 is 0. The second-order valence-corrected chi connectivity index (χ2v) is 6.22. The number of nitrogens with one attached hydrogen (secondary N) is 1. The van der Waals surface area contributed by atoms with Crippen LogP contribution in [-0.2, 0) is 9.53 Å². The zero-order valence-electron chi connectivity index (χ0n) is 14.7. The van der Waals surface area contributed by atoms with Crippen molar-refractivity contribution in [1.29, 1.82) is 0 Å². The van der Waals surface area contributed by atoms with Gasteiger partial charge in [-0.05, 0) is 46.0 Å². The molecule has 2 heterocycles. The summed E-state index contributed by atoms with van der Waals surface area (Å²) in [5.74, 6) is 0.599. The lowest BCUT2D eigenvalue weighted by Crippen LogP contribution is -2.46. The molecule has 1 N–H and O–H groups in total. The SMILES string of the molecule is CCOC(=O)N1CCCC(C(=O)NCC(c2ccco2)N(C)C)C1. The van der Waals surface area contributed by atoms with Crippen LogP contribution in [0.5, 0.6) is 0 Å². The molecule has 1 aromatic heterocycles. The lowest BCUT2D eigenvalue weighted by atomic mass is 9.97. The number of furan rings is 1. The van der Waals surface area contributed by atoms with Crippen LogP contribution < -0.4 is 5.32 Å². The van der Waals surface area contributed by atoms with Crippen molar-refractivity contribution in [3.63, 3.8) is 0 Å². The van der Waals surface area contributed by atoms with Gasteiger partial charge in [0.15, 0.2) is 0 Å². The molecule has 1 fully saturated rings. The summed E-state index contributed by atoms with van der Waals surface area (Å²) in [7, 11) is 3.89. The van der Waals surface area contributed by atoms with E-state index in [-0.39, 0.29) is 24.0 Å². The minimum absolute atomic E-state index is 0.0197. The third kappa shape index (κ3) is 4.74. The molecule has 2 unspecified atom stereocenters. The highest BCUT2D eigenvalue weighted by Gasteiger charge is 2.29. The van der Waals surface area contributed by atoms with Gasteiger partial charge in [-0.25, -0.2) is 4.79 Å². The Kier molecular flexibility index (Phi) is 6.66. The molecule has 2 amide bonds. The number of likely N-dealkylation sites (N-methyl/N-ethyl adjacent to an activating group) is 1. The number of carbonyl (C=O) groups is 2. The van der Waals surface area contributed by atoms with Gasteiger partial charge < -0.3 is 19.4 Å². The van der Waals surface area contributed by atoms with Crippen molar-refractivity contribution in [1.82, 2.24) is 15.1 Å². The fraction of sp³-hybridized carbons (Fsp3) is 0.647. The van der Waals surface area contributed by atoms with E-state index in [1.165, 1.54) is 0 Å². The minimum atomic E-state index is -0.336. The zero-order chi connectivity index (χ0) is 17.5. The van der Waals surface area contributed by atoms with Gasteiger partial charge in [-0.1, -0.05) is 0 Å². The number of likely N-dealkylation sites (tertiary alicyclic amines) is 1. The maximum Gasteiger partial charge on any atom is 0.409 e. The molecule has 24 heavy (non-hydrogen) atoms. The van der Waals surface area contributed by atoms with Crippen molar-refractivity contribution in [3.05, 3.63) is 24.2 Å². The van der Waals surface area contributed by atoms with Gasteiger partial charge in [0.1, 0.15) is 5.76 Å². The van der Waals surface area contributed by atoms with E-state index >= 15 is 0 Å². The van der Waals surface area contributed by atoms with Crippen LogP contribution in [0.2, 0.25) is 0 Å². The molecule has 0 spiro atoms. The molecular weight excluding hydrogens is 310 g/mol. The molecule has 0 radical (unpaired) electrons.